The van der Waals surface area contributed by atoms with Gasteiger partial charge in [-0.25, -0.2) is 8.42 Å². The van der Waals surface area contributed by atoms with Crippen molar-refractivity contribution in [3.05, 3.63) is 71.9 Å². The molecule has 1 atom stereocenters. The van der Waals surface area contributed by atoms with Crippen molar-refractivity contribution in [2.75, 3.05) is 29.7 Å². The van der Waals surface area contributed by atoms with Crippen molar-refractivity contribution in [1.82, 2.24) is 9.88 Å². The Bertz CT molecular complexity index is 1270. The van der Waals surface area contributed by atoms with E-state index in [-0.39, 0.29) is 11.7 Å². The summed E-state index contributed by atoms with van der Waals surface area (Å²) in [6.45, 7) is 1.92. The number of fused-ring (bicyclic) bond motifs is 1. The van der Waals surface area contributed by atoms with Crippen molar-refractivity contribution in [3.8, 4) is 0 Å². The maximum atomic E-state index is 13.4. The Morgan fingerprint density at radius 3 is 2.76 bits per heavy atom. The van der Waals surface area contributed by atoms with E-state index in [1.54, 1.807) is 24.3 Å². The highest BCUT2D eigenvalue weighted by atomic mass is 32.2. The van der Waals surface area contributed by atoms with Crippen molar-refractivity contribution in [2.45, 2.75) is 32.1 Å². The number of piperidine rings is 1. The molecular weight excluding hydrogens is 434 g/mol. The Morgan fingerprint density at radius 2 is 1.88 bits per heavy atom. The number of sulfonamides is 1. The van der Waals surface area contributed by atoms with Gasteiger partial charge >= 0.3 is 0 Å². The Labute approximate surface area is 195 Å². The van der Waals surface area contributed by atoms with Crippen LogP contribution in [0.25, 0.3) is 10.9 Å². The van der Waals surface area contributed by atoms with Gasteiger partial charge in [0.2, 0.25) is 10.0 Å². The van der Waals surface area contributed by atoms with Crippen LogP contribution in [0.1, 0.15) is 41.6 Å². The van der Waals surface area contributed by atoms with Crippen LogP contribution in [0.4, 0.5) is 5.69 Å². The number of anilines is 1. The van der Waals surface area contributed by atoms with E-state index in [1.807, 2.05) is 23.2 Å². The molecule has 33 heavy (non-hydrogen) atoms. The Hall–Kier alpha value is -2.93. The molecule has 0 bridgehead atoms. The van der Waals surface area contributed by atoms with Crippen molar-refractivity contribution in [1.29, 1.82) is 0 Å². The third-order valence-electron chi connectivity index (χ3n) is 6.78. The molecule has 0 aliphatic carbocycles. The summed E-state index contributed by atoms with van der Waals surface area (Å²) in [5, 5.41) is 1.18. The highest BCUT2D eigenvalue weighted by molar-refractivity contribution is 7.92. The van der Waals surface area contributed by atoms with Crippen LogP contribution in [0.5, 0.6) is 0 Å². The van der Waals surface area contributed by atoms with E-state index < -0.39 is 10.0 Å². The van der Waals surface area contributed by atoms with Crippen LogP contribution >= 0.6 is 0 Å². The summed E-state index contributed by atoms with van der Waals surface area (Å²) in [5.41, 5.74) is 3.43. The van der Waals surface area contributed by atoms with Gasteiger partial charge in [-0.15, -0.1) is 0 Å². The second kappa shape index (κ2) is 9.14. The van der Waals surface area contributed by atoms with E-state index >= 15 is 0 Å². The van der Waals surface area contributed by atoms with Crippen molar-refractivity contribution < 1.29 is 13.2 Å². The van der Waals surface area contributed by atoms with Gasteiger partial charge in [0.25, 0.3) is 5.91 Å². The number of carbonyl (C=O) groups is 1. The first kappa shape index (κ1) is 21.9. The Kier molecular flexibility index (Phi) is 6.06. The standard InChI is InChI=1S/C26H29N3O3S/c30-26(22-9-3-10-23(18-22)29-15-1-2-16-33(29,31)32)28-14-6-7-20(19-28)17-21-8-4-12-25-24(21)11-5-13-27-25/h3-5,8-13,18,20H,1-2,6-7,14-17,19H2/t20-/m1/s1. The lowest BCUT2D eigenvalue weighted by atomic mass is 9.89. The minimum absolute atomic E-state index is 0.0180. The van der Waals surface area contributed by atoms with E-state index in [0.717, 1.165) is 37.7 Å². The molecule has 7 heteroatoms. The fraction of sp³-hybridized carbons (Fsp3) is 0.385. The number of rotatable bonds is 4. The van der Waals surface area contributed by atoms with Gasteiger partial charge in [-0.1, -0.05) is 24.3 Å². The van der Waals surface area contributed by atoms with E-state index in [0.29, 0.717) is 36.7 Å². The third-order valence-corrected chi connectivity index (χ3v) is 8.65. The van der Waals surface area contributed by atoms with Crippen LogP contribution in [0.15, 0.2) is 60.8 Å². The van der Waals surface area contributed by atoms with Crippen molar-refractivity contribution in [2.24, 2.45) is 5.92 Å². The number of carbonyl (C=O) groups excluding carboxylic acids is 1. The largest absolute Gasteiger partial charge is 0.338 e. The predicted octanol–water partition coefficient (Wildman–Crippen LogP) is 4.26. The second-order valence-corrected chi connectivity index (χ2v) is 11.1. The van der Waals surface area contributed by atoms with Gasteiger partial charge in [0.05, 0.1) is 17.0 Å². The summed E-state index contributed by atoms with van der Waals surface area (Å²) >= 11 is 0. The molecule has 0 spiro atoms. The zero-order chi connectivity index (χ0) is 22.8. The fourth-order valence-corrected chi connectivity index (χ4v) is 6.76. The molecule has 2 aliphatic rings. The van der Waals surface area contributed by atoms with E-state index in [1.165, 1.54) is 15.3 Å². The van der Waals surface area contributed by atoms with Crippen LogP contribution in [-0.4, -0.2) is 49.6 Å². The molecule has 6 nitrogen and oxygen atoms in total. The molecule has 2 fully saturated rings. The Morgan fingerprint density at radius 1 is 1.00 bits per heavy atom. The molecule has 0 radical (unpaired) electrons. The minimum Gasteiger partial charge on any atom is -0.338 e. The lowest BCUT2D eigenvalue weighted by Crippen LogP contribution is -2.41. The summed E-state index contributed by atoms with van der Waals surface area (Å²) in [4.78, 5) is 19.7. The number of aromatic nitrogens is 1. The van der Waals surface area contributed by atoms with Crippen LogP contribution in [0.3, 0.4) is 0 Å². The van der Waals surface area contributed by atoms with Gasteiger partial charge in [-0.2, -0.15) is 0 Å². The lowest BCUT2D eigenvalue weighted by molar-refractivity contribution is 0.0673. The molecule has 0 saturated carbocycles. The number of likely N-dealkylation sites (tertiary alicyclic amines) is 1. The molecular formula is C26H29N3O3S. The molecule has 2 saturated heterocycles. The van der Waals surface area contributed by atoms with Crippen LogP contribution in [-0.2, 0) is 16.4 Å². The minimum atomic E-state index is -3.30. The highest BCUT2D eigenvalue weighted by Crippen LogP contribution is 2.28. The lowest BCUT2D eigenvalue weighted by Gasteiger charge is -2.33. The van der Waals surface area contributed by atoms with Gasteiger partial charge < -0.3 is 4.90 Å². The normalized spacial score (nSPS) is 20.7. The van der Waals surface area contributed by atoms with Gasteiger partial charge in [0.15, 0.2) is 0 Å². The van der Waals surface area contributed by atoms with Crippen LogP contribution in [0.2, 0.25) is 0 Å². The molecule has 3 heterocycles. The topological polar surface area (TPSA) is 70.6 Å². The number of hydrogen-bond donors (Lipinski definition) is 0. The molecule has 0 unspecified atom stereocenters. The monoisotopic (exact) mass is 463 g/mol. The van der Waals surface area contributed by atoms with Gasteiger partial charge in [0.1, 0.15) is 0 Å². The van der Waals surface area contributed by atoms with Gasteiger partial charge in [-0.05, 0) is 73.9 Å². The Balaban J connectivity index is 1.32. The summed E-state index contributed by atoms with van der Waals surface area (Å²) in [5.74, 6) is 0.539. The number of amides is 1. The van der Waals surface area contributed by atoms with E-state index in [2.05, 4.69) is 23.2 Å². The van der Waals surface area contributed by atoms with Gasteiger partial charge in [-0.3, -0.25) is 14.1 Å². The van der Waals surface area contributed by atoms with E-state index in [9.17, 15) is 13.2 Å². The van der Waals surface area contributed by atoms with Crippen molar-refractivity contribution in [3.63, 3.8) is 0 Å². The number of hydrogen-bond acceptors (Lipinski definition) is 4. The summed E-state index contributed by atoms with van der Waals surface area (Å²) < 4.78 is 26.5. The SMILES string of the molecule is O=C(c1cccc(N2CCCCS2(=O)=O)c1)N1CCC[C@H](Cc2cccc3ncccc23)C1. The molecule has 1 aromatic heterocycles. The fourth-order valence-electron chi connectivity index (χ4n) is 5.13. The molecule has 1 amide bonds. The molecule has 5 rings (SSSR count). The summed E-state index contributed by atoms with van der Waals surface area (Å²) in [6, 6.07) is 17.4. The first-order valence-electron chi connectivity index (χ1n) is 11.7. The van der Waals surface area contributed by atoms with E-state index in [4.69, 9.17) is 0 Å². The maximum absolute atomic E-state index is 13.4. The number of nitrogens with zero attached hydrogens (tertiary/aromatic N) is 3. The van der Waals surface area contributed by atoms with Crippen LogP contribution in [0, 0.1) is 5.92 Å². The molecule has 2 aliphatic heterocycles. The second-order valence-electron chi connectivity index (χ2n) is 9.10. The predicted molar refractivity (Wildman–Crippen MR) is 131 cm³/mol. The molecule has 3 aromatic rings. The zero-order valence-electron chi connectivity index (χ0n) is 18.7. The number of benzene rings is 2. The average molecular weight is 464 g/mol. The average Bonchev–Trinajstić information content (AvgIpc) is 2.84. The maximum Gasteiger partial charge on any atom is 0.253 e. The third kappa shape index (κ3) is 4.60. The first-order valence-corrected chi connectivity index (χ1v) is 13.3. The molecule has 172 valence electrons. The summed E-state index contributed by atoms with van der Waals surface area (Å²) in [6.07, 6.45) is 6.33. The quantitative estimate of drug-likeness (QED) is 0.580. The molecule has 2 aromatic carbocycles. The smallest absolute Gasteiger partial charge is 0.253 e. The van der Waals surface area contributed by atoms with Gasteiger partial charge in [0, 0.05) is 36.8 Å². The highest BCUT2D eigenvalue weighted by Gasteiger charge is 2.28. The van der Waals surface area contributed by atoms with Crippen molar-refractivity contribution >= 4 is 32.5 Å². The van der Waals surface area contributed by atoms with Crippen LogP contribution < -0.4 is 4.31 Å². The number of pyridine rings is 1. The molecule has 0 N–H and O–H groups in total. The first-order chi connectivity index (χ1) is 16.0. The summed E-state index contributed by atoms with van der Waals surface area (Å²) in [7, 11) is -3.30. The zero-order valence-corrected chi connectivity index (χ0v) is 19.5.